The van der Waals surface area contributed by atoms with E-state index in [-0.39, 0.29) is 6.04 Å². The zero-order valence-corrected chi connectivity index (χ0v) is 12.1. The molecule has 0 bridgehead atoms. The van der Waals surface area contributed by atoms with Crippen LogP contribution in [-0.4, -0.2) is 0 Å². The van der Waals surface area contributed by atoms with Crippen molar-refractivity contribution in [1.29, 1.82) is 0 Å². The molecule has 0 aliphatic rings. The average molecular weight is 307 g/mol. The molecule has 0 saturated carbocycles. The fraction of sp³-hybridized carbons (Fsp3) is 0.167. The SMILES string of the molecule is CC(Nc1ccccc1Cl)c1cc(Cl)sc1Cl. The standard InChI is InChI=1S/C12H10Cl3NS/c1-7(8-6-11(14)17-12(8)15)16-10-5-3-2-4-9(10)13/h2-7,16H,1H3. The highest BCUT2D eigenvalue weighted by molar-refractivity contribution is 7.20. The van der Waals surface area contributed by atoms with Gasteiger partial charge in [0, 0.05) is 5.56 Å². The second kappa shape index (κ2) is 5.49. The highest BCUT2D eigenvalue weighted by atomic mass is 35.5. The Balaban J connectivity index is 2.20. The number of anilines is 1. The topological polar surface area (TPSA) is 12.0 Å². The van der Waals surface area contributed by atoms with Gasteiger partial charge in [-0.3, -0.25) is 0 Å². The van der Waals surface area contributed by atoms with E-state index in [2.05, 4.69) is 5.32 Å². The maximum absolute atomic E-state index is 6.11. The molecule has 0 spiro atoms. The molecule has 0 saturated heterocycles. The predicted molar refractivity (Wildman–Crippen MR) is 77.8 cm³/mol. The van der Waals surface area contributed by atoms with E-state index in [9.17, 15) is 0 Å². The Labute approximate surface area is 119 Å². The number of benzene rings is 1. The highest BCUT2D eigenvalue weighted by Crippen LogP contribution is 2.36. The molecule has 1 nitrogen and oxygen atoms in total. The zero-order chi connectivity index (χ0) is 12.4. The van der Waals surface area contributed by atoms with Gasteiger partial charge in [0.05, 0.1) is 25.4 Å². The van der Waals surface area contributed by atoms with E-state index in [0.717, 1.165) is 11.3 Å². The van der Waals surface area contributed by atoms with Gasteiger partial charge in [-0.25, -0.2) is 0 Å². The van der Waals surface area contributed by atoms with Crippen molar-refractivity contribution in [2.75, 3.05) is 5.32 Å². The molecule has 0 radical (unpaired) electrons. The van der Waals surface area contributed by atoms with Gasteiger partial charge in [0.2, 0.25) is 0 Å². The van der Waals surface area contributed by atoms with Crippen molar-refractivity contribution in [1.82, 2.24) is 0 Å². The van der Waals surface area contributed by atoms with Crippen molar-refractivity contribution in [2.24, 2.45) is 0 Å². The third-order valence-electron chi connectivity index (χ3n) is 2.40. The maximum Gasteiger partial charge on any atom is 0.0996 e. The molecule has 0 aliphatic carbocycles. The monoisotopic (exact) mass is 305 g/mol. The first kappa shape index (κ1) is 13.0. The van der Waals surface area contributed by atoms with E-state index in [1.165, 1.54) is 11.3 Å². The summed E-state index contributed by atoms with van der Waals surface area (Å²) in [5.74, 6) is 0. The third kappa shape index (κ3) is 3.08. The van der Waals surface area contributed by atoms with Crippen LogP contribution in [0.4, 0.5) is 5.69 Å². The highest BCUT2D eigenvalue weighted by Gasteiger charge is 2.13. The van der Waals surface area contributed by atoms with Crippen molar-refractivity contribution in [2.45, 2.75) is 13.0 Å². The first-order valence-corrected chi connectivity index (χ1v) is 6.98. The van der Waals surface area contributed by atoms with E-state index < -0.39 is 0 Å². The summed E-state index contributed by atoms with van der Waals surface area (Å²) in [5.41, 5.74) is 1.88. The van der Waals surface area contributed by atoms with Crippen LogP contribution in [0.3, 0.4) is 0 Å². The maximum atomic E-state index is 6.11. The summed E-state index contributed by atoms with van der Waals surface area (Å²) >= 11 is 19.5. The summed E-state index contributed by atoms with van der Waals surface area (Å²) in [6, 6.07) is 9.55. The molecule has 17 heavy (non-hydrogen) atoms. The number of para-hydroxylation sites is 1. The number of halogens is 3. The minimum Gasteiger partial charge on any atom is -0.377 e. The van der Waals surface area contributed by atoms with Crippen LogP contribution in [0.25, 0.3) is 0 Å². The summed E-state index contributed by atoms with van der Waals surface area (Å²) < 4.78 is 1.40. The minimum atomic E-state index is 0.0613. The van der Waals surface area contributed by atoms with Crippen molar-refractivity contribution in [3.8, 4) is 0 Å². The Morgan fingerprint density at radius 2 is 1.88 bits per heavy atom. The lowest BCUT2D eigenvalue weighted by Crippen LogP contribution is -2.06. The Morgan fingerprint density at radius 1 is 1.18 bits per heavy atom. The van der Waals surface area contributed by atoms with Gasteiger partial charge in [-0.2, -0.15) is 0 Å². The quantitative estimate of drug-likeness (QED) is 0.746. The van der Waals surface area contributed by atoms with Gasteiger partial charge >= 0.3 is 0 Å². The van der Waals surface area contributed by atoms with Gasteiger partial charge in [-0.05, 0) is 25.1 Å². The van der Waals surface area contributed by atoms with Gasteiger partial charge in [-0.15, -0.1) is 11.3 Å². The lowest BCUT2D eigenvalue weighted by atomic mass is 10.1. The van der Waals surface area contributed by atoms with Crippen LogP contribution >= 0.6 is 46.1 Å². The minimum absolute atomic E-state index is 0.0613. The molecule has 0 fully saturated rings. The lowest BCUT2D eigenvalue weighted by molar-refractivity contribution is 0.891. The van der Waals surface area contributed by atoms with E-state index in [0.29, 0.717) is 13.7 Å². The molecule has 90 valence electrons. The molecule has 2 aromatic rings. The number of hydrogen-bond acceptors (Lipinski definition) is 2. The molecule has 1 unspecified atom stereocenters. The Kier molecular flexibility index (Phi) is 4.21. The third-order valence-corrected chi connectivity index (χ3v) is 4.24. The van der Waals surface area contributed by atoms with Crippen LogP contribution in [0, 0.1) is 0 Å². The van der Waals surface area contributed by atoms with Crippen LogP contribution in [0.15, 0.2) is 30.3 Å². The average Bonchev–Trinajstić information content (AvgIpc) is 2.61. The molecule has 1 heterocycles. The van der Waals surface area contributed by atoms with Gasteiger partial charge in [0.1, 0.15) is 0 Å². The van der Waals surface area contributed by atoms with Crippen LogP contribution < -0.4 is 5.32 Å². The largest absolute Gasteiger partial charge is 0.377 e. The lowest BCUT2D eigenvalue weighted by Gasteiger charge is -2.15. The summed E-state index contributed by atoms with van der Waals surface area (Å²) in [4.78, 5) is 0. The molecule has 0 amide bonds. The number of rotatable bonds is 3. The molecule has 2 rings (SSSR count). The molecule has 5 heteroatoms. The van der Waals surface area contributed by atoms with Gasteiger partial charge in [0.15, 0.2) is 0 Å². The van der Waals surface area contributed by atoms with Crippen LogP contribution in [-0.2, 0) is 0 Å². The van der Waals surface area contributed by atoms with Gasteiger partial charge < -0.3 is 5.32 Å². The molecule has 1 atom stereocenters. The van der Waals surface area contributed by atoms with Crippen molar-refractivity contribution in [3.63, 3.8) is 0 Å². The first-order valence-electron chi connectivity index (χ1n) is 5.03. The fourth-order valence-corrected chi connectivity index (χ4v) is 3.37. The molecule has 1 aromatic heterocycles. The van der Waals surface area contributed by atoms with E-state index in [1.54, 1.807) is 0 Å². The molecule has 1 N–H and O–H groups in total. The number of thiophene rings is 1. The van der Waals surface area contributed by atoms with Crippen LogP contribution in [0.1, 0.15) is 18.5 Å². The summed E-state index contributed by atoms with van der Waals surface area (Å²) in [6.45, 7) is 2.02. The number of nitrogens with one attached hydrogen (secondary N) is 1. The van der Waals surface area contributed by atoms with Crippen molar-refractivity contribution < 1.29 is 0 Å². The van der Waals surface area contributed by atoms with E-state index in [1.807, 2.05) is 37.3 Å². The van der Waals surface area contributed by atoms with Crippen LogP contribution in [0.5, 0.6) is 0 Å². The summed E-state index contributed by atoms with van der Waals surface area (Å²) in [6.07, 6.45) is 0. The van der Waals surface area contributed by atoms with Gasteiger partial charge in [-0.1, -0.05) is 46.9 Å². The predicted octanol–water partition coefficient (Wildman–Crippen LogP) is 5.88. The van der Waals surface area contributed by atoms with E-state index >= 15 is 0 Å². The normalized spacial score (nSPS) is 12.5. The second-order valence-corrected chi connectivity index (χ2v) is 6.32. The first-order chi connectivity index (χ1) is 8.08. The molecule has 1 aromatic carbocycles. The fourth-order valence-electron chi connectivity index (χ4n) is 1.54. The zero-order valence-electron chi connectivity index (χ0n) is 9.01. The molecular weight excluding hydrogens is 297 g/mol. The Bertz CT molecular complexity index is 524. The molecule has 0 aliphatic heterocycles. The summed E-state index contributed by atoms with van der Waals surface area (Å²) in [5, 5.41) is 4.00. The van der Waals surface area contributed by atoms with E-state index in [4.69, 9.17) is 34.8 Å². The Morgan fingerprint density at radius 3 is 2.47 bits per heavy atom. The smallest absolute Gasteiger partial charge is 0.0996 e. The molecular formula is C12H10Cl3NS. The second-order valence-electron chi connectivity index (χ2n) is 3.63. The van der Waals surface area contributed by atoms with Crippen LogP contribution in [0.2, 0.25) is 13.7 Å². The summed E-state index contributed by atoms with van der Waals surface area (Å²) in [7, 11) is 0. The van der Waals surface area contributed by atoms with Crippen molar-refractivity contribution >= 4 is 51.8 Å². The van der Waals surface area contributed by atoms with Gasteiger partial charge in [0.25, 0.3) is 0 Å². The van der Waals surface area contributed by atoms with Crippen molar-refractivity contribution in [3.05, 3.63) is 49.6 Å². The number of hydrogen-bond donors (Lipinski definition) is 1. The Hall–Kier alpha value is -0.410.